The molecule has 0 heterocycles. The molecule has 0 aromatic heterocycles. The minimum Gasteiger partial charge on any atom is -0.505 e. The van der Waals surface area contributed by atoms with Crippen molar-refractivity contribution in [1.82, 2.24) is 0 Å². The smallest absolute Gasteiger partial charge is 0.231 e. The van der Waals surface area contributed by atoms with Crippen LogP contribution in [0, 0.1) is 11.2 Å². The normalized spacial score (nSPS) is 17.3. The molecule has 5 heteroatoms. The standard InChI is InChI=1S/C12H15FN2O2/c13-9-6-8(2-3-10(9)16)15-11(17)12(7-14)4-1-5-12/h2-3,6,16H,1,4-5,7,14H2,(H,15,17). The highest BCUT2D eigenvalue weighted by Crippen LogP contribution is 2.40. The van der Waals surface area contributed by atoms with Gasteiger partial charge in [-0.3, -0.25) is 4.79 Å². The lowest BCUT2D eigenvalue weighted by molar-refractivity contribution is -0.129. The van der Waals surface area contributed by atoms with Crippen molar-refractivity contribution in [3.8, 4) is 5.75 Å². The Balaban J connectivity index is 2.10. The number of carbonyl (C=O) groups excluding carboxylic acids is 1. The van der Waals surface area contributed by atoms with E-state index in [1.807, 2.05) is 0 Å². The van der Waals surface area contributed by atoms with Crippen molar-refractivity contribution in [2.45, 2.75) is 19.3 Å². The van der Waals surface area contributed by atoms with Crippen LogP contribution in [0.3, 0.4) is 0 Å². The molecule has 1 aliphatic rings. The first-order chi connectivity index (χ1) is 8.07. The molecule has 0 atom stereocenters. The van der Waals surface area contributed by atoms with Crippen LogP contribution in [0.4, 0.5) is 10.1 Å². The van der Waals surface area contributed by atoms with Gasteiger partial charge in [-0.1, -0.05) is 6.42 Å². The molecule has 1 aromatic rings. The Morgan fingerprint density at radius 1 is 1.53 bits per heavy atom. The number of hydrogen-bond acceptors (Lipinski definition) is 3. The van der Waals surface area contributed by atoms with Crippen LogP contribution in [0.1, 0.15) is 19.3 Å². The van der Waals surface area contributed by atoms with Crippen LogP contribution < -0.4 is 11.1 Å². The van der Waals surface area contributed by atoms with Crippen molar-refractivity contribution in [3.63, 3.8) is 0 Å². The van der Waals surface area contributed by atoms with Gasteiger partial charge in [0.25, 0.3) is 0 Å². The highest BCUT2D eigenvalue weighted by Gasteiger charge is 2.42. The summed E-state index contributed by atoms with van der Waals surface area (Å²) in [6.07, 6.45) is 2.54. The summed E-state index contributed by atoms with van der Waals surface area (Å²) in [5.41, 5.74) is 5.45. The maximum Gasteiger partial charge on any atom is 0.231 e. The van der Waals surface area contributed by atoms with Crippen molar-refractivity contribution in [2.24, 2.45) is 11.1 Å². The molecule has 1 saturated carbocycles. The van der Waals surface area contributed by atoms with Gasteiger partial charge in [0.15, 0.2) is 11.6 Å². The van der Waals surface area contributed by atoms with Crippen LogP contribution >= 0.6 is 0 Å². The number of phenols is 1. The molecule has 0 radical (unpaired) electrons. The third-order valence-electron chi connectivity index (χ3n) is 3.39. The first-order valence-corrected chi connectivity index (χ1v) is 5.57. The first kappa shape index (κ1) is 11.9. The van der Waals surface area contributed by atoms with Crippen molar-refractivity contribution >= 4 is 11.6 Å². The van der Waals surface area contributed by atoms with Crippen LogP contribution in [-0.4, -0.2) is 17.6 Å². The largest absolute Gasteiger partial charge is 0.505 e. The molecule has 1 fully saturated rings. The summed E-state index contributed by atoms with van der Waals surface area (Å²) >= 11 is 0. The SMILES string of the molecule is NCC1(C(=O)Nc2ccc(O)c(F)c2)CCC1. The van der Waals surface area contributed by atoms with E-state index in [0.717, 1.165) is 25.3 Å². The van der Waals surface area contributed by atoms with E-state index in [2.05, 4.69) is 5.32 Å². The van der Waals surface area contributed by atoms with E-state index in [0.29, 0.717) is 12.2 Å². The van der Waals surface area contributed by atoms with Gasteiger partial charge in [0, 0.05) is 18.3 Å². The van der Waals surface area contributed by atoms with Gasteiger partial charge in [-0.05, 0) is 25.0 Å². The maximum absolute atomic E-state index is 13.1. The summed E-state index contributed by atoms with van der Waals surface area (Å²) in [6, 6.07) is 3.76. The van der Waals surface area contributed by atoms with Gasteiger partial charge in [0.2, 0.25) is 5.91 Å². The number of halogens is 1. The number of rotatable bonds is 3. The number of aromatic hydroxyl groups is 1. The fraction of sp³-hybridized carbons (Fsp3) is 0.417. The number of nitrogens with one attached hydrogen (secondary N) is 1. The summed E-state index contributed by atoms with van der Waals surface area (Å²) < 4.78 is 13.1. The van der Waals surface area contributed by atoms with E-state index in [1.54, 1.807) is 0 Å². The number of benzene rings is 1. The minimum atomic E-state index is -0.752. The molecule has 1 aliphatic carbocycles. The molecule has 17 heavy (non-hydrogen) atoms. The molecule has 0 spiro atoms. The Morgan fingerprint density at radius 3 is 2.71 bits per heavy atom. The fourth-order valence-corrected chi connectivity index (χ4v) is 1.98. The van der Waals surface area contributed by atoms with Crippen LogP contribution in [0.5, 0.6) is 5.75 Å². The third-order valence-corrected chi connectivity index (χ3v) is 3.39. The molecule has 92 valence electrons. The Morgan fingerprint density at radius 2 is 2.24 bits per heavy atom. The molecule has 0 unspecified atom stereocenters. The lowest BCUT2D eigenvalue weighted by Crippen LogP contribution is -2.47. The average molecular weight is 238 g/mol. The minimum absolute atomic E-state index is 0.170. The van der Waals surface area contributed by atoms with Crippen molar-refractivity contribution in [2.75, 3.05) is 11.9 Å². The molecule has 4 nitrogen and oxygen atoms in total. The number of anilines is 1. The zero-order valence-electron chi connectivity index (χ0n) is 9.37. The second-order valence-electron chi connectivity index (χ2n) is 4.46. The molecule has 0 aliphatic heterocycles. The second-order valence-corrected chi connectivity index (χ2v) is 4.46. The number of hydrogen-bond donors (Lipinski definition) is 3. The first-order valence-electron chi connectivity index (χ1n) is 5.57. The molecule has 1 aromatic carbocycles. The topological polar surface area (TPSA) is 75.4 Å². The van der Waals surface area contributed by atoms with Crippen LogP contribution in [0.25, 0.3) is 0 Å². The third kappa shape index (κ3) is 2.10. The van der Waals surface area contributed by atoms with Crippen molar-refractivity contribution in [3.05, 3.63) is 24.0 Å². The van der Waals surface area contributed by atoms with Gasteiger partial charge in [-0.15, -0.1) is 0 Å². The van der Waals surface area contributed by atoms with Gasteiger partial charge in [-0.25, -0.2) is 4.39 Å². The maximum atomic E-state index is 13.1. The lowest BCUT2D eigenvalue weighted by Gasteiger charge is -2.39. The molecule has 4 N–H and O–H groups in total. The van der Waals surface area contributed by atoms with E-state index in [-0.39, 0.29) is 5.91 Å². The number of amides is 1. The highest BCUT2D eigenvalue weighted by atomic mass is 19.1. The van der Waals surface area contributed by atoms with E-state index in [4.69, 9.17) is 10.8 Å². The summed E-state index contributed by atoms with van der Waals surface area (Å²) in [4.78, 5) is 12.0. The average Bonchev–Trinajstić information content (AvgIpc) is 2.23. The molecule has 2 rings (SSSR count). The Bertz CT molecular complexity index is 439. The monoisotopic (exact) mass is 238 g/mol. The van der Waals surface area contributed by atoms with E-state index in [9.17, 15) is 9.18 Å². The molecular weight excluding hydrogens is 223 g/mol. The summed E-state index contributed by atoms with van der Waals surface area (Å²) in [5.74, 6) is -1.35. The Kier molecular flexibility index (Phi) is 3.02. The molecule has 1 amide bonds. The number of carbonyl (C=O) groups is 1. The van der Waals surface area contributed by atoms with E-state index < -0.39 is 17.0 Å². The Hall–Kier alpha value is -1.62. The molecule has 0 saturated heterocycles. The van der Waals surface area contributed by atoms with Crippen LogP contribution in [0.2, 0.25) is 0 Å². The zero-order chi connectivity index (χ0) is 12.5. The van der Waals surface area contributed by atoms with Gasteiger partial charge < -0.3 is 16.2 Å². The van der Waals surface area contributed by atoms with Crippen molar-refractivity contribution in [1.29, 1.82) is 0 Å². The molecular formula is C12H15FN2O2. The predicted octanol–water partition coefficient (Wildman–Crippen LogP) is 1.60. The number of phenolic OH excluding ortho intramolecular Hbond substituents is 1. The number of nitrogens with two attached hydrogens (primary N) is 1. The predicted molar refractivity (Wildman–Crippen MR) is 62.0 cm³/mol. The fourth-order valence-electron chi connectivity index (χ4n) is 1.98. The van der Waals surface area contributed by atoms with Crippen molar-refractivity contribution < 1.29 is 14.3 Å². The van der Waals surface area contributed by atoms with Gasteiger partial charge >= 0.3 is 0 Å². The van der Waals surface area contributed by atoms with Crippen LogP contribution in [0.15, 0.2) is 18.2 Å². The van der Waals surface area contributed by atoms with Gasteiger partial charge in [0.1, 0.15) is 0 Å². The summed E-state index contributed by atoms with van der Waals surface area (Å²) in [5, 5.41) is 11.7. The van der Waals surface area contributed by atoms with Gasteiger partial charge in [0.05, 0.1) is 5.41 Å². The quantitative estimate of drug-likeness (QED) is 0.700. The second kappa shape index (κ2) is 4.33. The molecule has 0 bridgehead atoms. The van der Waals surface area contributed by atoms with Crippen LogP contribution in [-0.2, 0) is 4.79 Å². The van der Waals surface area contributed by atoms with E-state index in [1.165, 1.54) is 12.1 Å². The highest BCUT2D eigenvalue weighted by molar-refractivity contribution is 5.96. The zero-order valence-corrected chi connectivity index (χ0v) is 9.37. The lowest BCUT2D eigenvalue weighted by atomic mass is 9.68. The summed E-state index contributed by atoms with van der Waals surface area (Å²) in [6.45, 7) is 0.305. The van der Waals surface area contributed by atoms with E-state index >= 15 is 0 Å². The Labute approximate surface area is 98.6 Å². The van der Waals surface area contributed by atoms with Gasteiger partial charge in [-0.2, -0.15) is 0 Å². The summed E-state index contributed by atoms with van der Waals surface area (Å²) in [7, 11) is 0.